The van der Waals surface area contributed by atoms with Crippen LogP contribution in [0.2, 0.25) is 0 Å². The van der Waals surface area contributed by atoms with E-state index in [4.69, 9.17) is 0 Å². The maximum Gasteiger partial charge on any atom is 0.0632 e. The molecular formula is C13H28N2O. The molecule has 16 heavy (non-hydrogen) atoms. The summed E-state index contributed by atoms with van der Waals surface area (Å²) in [5, 5.41) is 13.5. The average molecular weight is 228 g/mol. The fraction of sp³-hybridized carbons (Fsp3) is 1.00. The van der Waals surface area contributed by atoms with Gasteiger partial charge in [0.1, 0.15) is 0 Å². The van der Waals surface area contributed by atoms with Crippen LogP contribution >= 0.6 is 0 Å². The maximum atomic E-state index is 9.98. The molecule has 1 aliphatic rings. The Hall–Kier alpha value is -0.120. The van der Waals surface area contributed by atoms with Crippen molar-refractivity contribution in [3.8, 4) is 0 Å². The minimum absolute atomic E-state index is 0.206. The van der Waals surface area contributed by atoms with Crippen LogP contribution in [0.3, 0.4) is 0 Å². The molecule has 3 nitrogen and oxygen atoms in total. The van der Waals surface area contributed by atoms with Gasteiger partial charge in [-0.25, -0.2) is 0 Å². The van der Waals surface area contributed by atoms with Gasteiger partial charge in [-0.05, 0) is 53.5 Å². The van der Waals surface area contributed by atoms with Crippen LogP contribution < -0.4 is 5.32 Å². The first-order valence-corrected chi connectivity index (χ1v) is 6.48. The molecular weight excluding hydrogens is 200 g/mol. The summed E-state index contributed by atoms with van der Waals surface area (Å²) in [6, 6.07) is 0. The van der Waals surface area contributed by atoms with Crippen LogP contribution in [0.25, 0.3) is 0 Å². The van der Waals surface area contributed by atoms with Crippen molar-refractivity contribution < 1.29 is 5.11 Å². The molecule has 1 saturated heterocycles. The molecule has 0 amide bonds. The molecule has 96 valence electrons. The van der Waals surface area contributed by atoms with Gasteiger partial charge in [-0.1, -0.05) is 0 Å². The summed E-state index contributed by atoms with van der Waals surface area (Å²) in [4.78, 5) is 2.46. The summed E-state index contributed by atoms with van der Waals surface area (Å²) < 4.78 is 0. The fourth-order valence-corrected chi connectivity index (χ4v) is 2.13. The van der Waals surface area contributed by atoms with Crippen LogP contribution in [0.5, 0.6) is 0 Å². The third-order valence-electron chi connectivity index (χ3n) is 3.24. The number of nitrogens with one attached hydrogen (secondary N) is 1. The van der Waals surface area contributed by atoms with E-state index in [1.807, 2.05) is 6.92 Å². The molecule has 1 aliphatic heterocycles. The van der Waals surface area contributed by atoms with E-state index < -0.39 is 5.60 Å². The van der Waals surface area contributed by atoms with Crippen molar-refractivity contribution >= 4 is 0 Å². The van der Waals surface area contributed by atoms with Crippen LogP contribution in [0.15, 0.2) is 0 Å². The van der Waals surface area contributed by atoms with Gasteiger partial charge in [-0.3, -0.25) is 0 Å². The van der Waals surface area contributed by atoms with E-state index in [1.165, 1.54) is 0 Å². The molecule has 0 spiro atoms. The SMILES string of the molecule is CC1(O)CCCN(CCNC(C)(C)C)CC1. The predicted octanol–water partition coefficient (Wildman–Crippen LogP) is 1.61. The van der Waals surface area contributed by atoms with Crippen LogP contribution in [0, 0.1) is 0 Å². The Morgan fingerprint density at radius 1 is 1.25 bits per heavy atom. The highest BCUT2D eigenvalue weighted by atomic mass is 16.3. The van der Waals surface area contributed by atoms with Gasteiger partial charge in [-0.15, -0.1) is 0 Å². The molecule has 0 bridgehead atoms. The number of rotatable bonds is 3. The minimum Gasteiger partial charge on any atom is -0.390 e. The van der Waals surface area contributed by atoms with Crippen LogP contribution in [-0.2, 0) is 0 Å². The summed E-state index contributed by atoms with van der Waals surface area (Å²) in [6.07, 6.45) is 2.96. The molecule has 0 aromatic heterocycles. The van der Waals surface area contributed by atoms with Gasteiger partial charge in [0.2, 0.25) is 0 Å². The van der Waals surface area contributed by atoms with Gasteiger partial charge in [0, 0.05) is 25.2 Å². The molecule has 0 radical (unpaired) electrons. The molecule has 0 aliphatic carbocycles. The first kappa shape index (κ1) is 13.9. The lowest BCUT2D eigenvalue weighted by Gasteiger charge is -2.25. The summed E-state index contributed by atoms with van der Waals surface area (Å²) in [5.74, 6) is 0. The molecule has 1 rings (SSSR count). The Morgan fingerprint density at radius 3 is 2.56 bits per heavy atom. The third-order valence-corrected chi connectivity index (χ3v) is 3.24. The molecule has 2 N–H and O–H groups in total. The lowest BCUT2D eigenvalue weighted by molar-refractivity contribution is 0.0446. The van der Waals surface area contributed by atoms with Crippen LogP contribution in [-0.4, -0.2) is 47.3 Å². The van der Waals surface area contributed by atoms with Crippen molar-refractivity contribution in [1.82, 2.24) is 10.2 Å². The molecule has 1 atom stereocenters. The Kier molecular flexibility index (Phi) is 4.77. The Morgan fingerprint density at radius 2 is 1.94 bits per heavy atom. The minimum atomic E-state index is -0.438. The van der Waals surface area contributed by atoms with E-state index in [9.17, 15) is 5.11 Å². The first-order valence-electron chi connectivity index (χ1n) is 6.48. The van der Waals surface area contributed by atoms with Crippen molar-refractivity contribution in [1.29, 1.82) is 0 Å². The number of hydrogen-bond donors (Lipinski definition) is 2. The fourth-order valence-electron chi connectivity index (χ4n) is 2.13. The molecule has 0 aromatic rings. The molecule has 1 heterocycles. The van der Waals surface area contributed by atoms with Gasteiger partial charge in [0.05, 0.1) is 5.60 Å². The highest BCUT2D eigenvalue weighted by Crippen LogP contribution is 2.20. The van der Waals surface area contributed by atoms with Crippen molar-refractivity contribution in [2.75, 3.05) is 26.2 Å². The molecule has 0 aromatic carbocycles. The predicted molar refractivity (Wildman–Crippen MR) is 68.7 cm³/mol. The molecule has 1 fully saturated rings. The van der Waals surface area contributed by atoms with Crippen molar-refractivity contribution in [3.63, 3.8) is 0 Å². The lowest BCUT2D eigenvalue weighted by Crippen LogP contribution is -2.41. The average Bonchev–Trinajstić information content (AvgIpc) is 2.26. The van der Waals surface area contributed by atoms with Gasteiger partial charge >= 0.3 is 0 Å². The zero-order chi connectivity index (χ0) is 12.2. The van der Waals surface area contributed by atoms with Gasteiger partial charge in [-0.2, -0.15) is 0 Å². The zero-order valence-electron chi connectivity index (χ0n) is 11.3. The van der Waals surface area contributed by atoms with E-state index in [1.54, 1.807) is 0 Å². The maximum absolute atomic E-state index is 9.98. The monoisotopic (exact) mass is 228 g/mol. The van der Waals surface area contributed by atoms with Crippen molar-refractivity contribution in [3.05, 3.63) is 0 Å². The molecule has 0 saturated carbocycles. The van der Waals surface area contributed by atoms with E-state index in [-0.39, 0.29) is 5.54 Å². The quantitative estimate of drug-likeness (QED) is 0.770. The van der Waals surface area contributed by atoms with E-state index in [2.05, 4.69) is 31.0 Å². The summed E-state index contributed by atoms with van der Waals surface area (Å²) in [6.45, 7) is 12.8. The van der Waals surface area contributed by atoms with E-state index in [0.717, 1.165) is 45.4 Å². The van der Waals surface area contributed by atoms with Crippen LogP contribution in [0.4, 0.5) is 0 Å². The smallest absolute Gasteiger partial charge is 0.0632 e. The molecule has 1 unspecified atom stereocenters. The number of likely N-dealkylation sites (tertiary alicyclic amines) is 1. The first-order chi connectivity index (χ1) is 7.29. The van der Waals surface area contributed by atoms with E-state index in [0.29, 0.717) is 0 Å². The second-order valence-corrected chi connectivity index (χ2v) is 6.37. The normalized spacial score (nSPS) is 29.1. The Bertz CT molecular complexity index is 208. The Labute approximate surface area is 100 Å². The molecule has 3 heteroatoms. The van der Waals surface area contributed by atoms with Gasteiger partial charge in [0.15, 0.2) is 0 Å². The highest BCUT2D eigenvalue weighted by molar-refractivity contribution is 4.80. The van der Waals surface area contributed by atoms with Gasteiger partial charge in [0.25, 0.3) is 0 Å². The standard InChI is InChI=1S/C13H28N2O/c1-12(2,3)14-8-11-15-9-5-6-13(4,16)7-10-15/h14,16H,5-11H2,1-4H3. The number of hydrogen-bond acceptors (Lipinski definition) is 3. The van der Waals surface area contributed by atoms with Crippen molar-refractivity contribution in [2.45, 2.75) is 58.1 Å². The largest absolute Gasteiger partial charge is 0.390 e. The number of aliphatic hydroxyl groups is 1. The Balaban J connectivity index is 2.23. The van der Waals surface area contributed by atoms with Crippen LogP contribution in [0.1, 0.15) is 47.0 Å². The van der Waals surface area contributed by atoms with E-state index >= 15 is 0 Å². The van der Waals surface area contributed by atoms with Crippen molar-refractivity contribution in [2.24, 2.45) is 0 Å². The summed E-state index contributed by atoms with van der Waals surface area (Å²) >= 11 is 0. The lowest BCUT2D eigenvalue weighted by atomic mass is 9.98. The highest BCUT2D eigenvalue weighted by Gasteiger charge is 2.24. The topological polar surface area (TPSA) is 35.5 Å². The van der Waals surface area contributed by atoms with Gasteiger partial charge < -0.3 is 15.3 Å². The zero-order valence-corrected chi connectivity index (χ0v) is 11.3. The second-order valence-electron chi connectivity index (χ2n) is 6.37. The third kappa shape index (κ3) is 5.83. The second kappa shape index (κ2) is 5.48. The summed E-state index contributed by atoms with van der Waals surface area (Å²) in [7, 11) is 0. The summed E-state index contributed by atoms with van der Waals surface area (Å²) in [5.41, 5.74) is -0.233. The number of nitrogens with zero attached hydrogens (tertiary/aromatic N) is 1.